The van der Waals surface area contributed by atoms with E-state index in [1.807, 2.05) is 36.1 Å². The van der Waals surface area contributed by atoms with E-state index in [0.717, 1.165) is 72.2 Å². The lowest BCUT2D eigenvalue weighted by atomic mass is 9.55. The van der Waals surface area contributed by atoms with Crippen molar-refractivity contribution in [2.24, 2.45) is 28.8 Å². The van der Waals surface area contributed by atoms with Crippen molar-refractivity contribution in [3.05, 3.63) is 113 Å². The third-order valence-corrected chi connectivity index (χ3v) is 12.5. The Morgan fingerprint density at radius 3 is 2.40 bits per heavy atom. The van der Waals surface area contributed by atoms with Gasteiger partial charge in [0.2, 0.25) is 11.7 Å². The Balaban J connectivity index is 1.44. The predicted octanol–water partition coefficient (Wildman–Crippen LogP) is 9.33. The summed E-state index contributed by atoms with van der Waals surface area (Å²) in [7, 11) is 0. The van der Waals surface area contributed by atoms with Crippen LogP contribution in [0.2, 0.25) is 0 Å². The number of nitrogens with zero attached hydrogens (tertiary/aromatic N) is 2. The minimum Gasteiger partial charge on any atom is -0.459 e. The second kappa shape index (κ2) is 18.6. The molecular formula is C48H59FN2O7. The molecular weight excluding hydrogens is 736 g/mol. The highest BCUT2D eigenvalue weighted by molar-refractivity contribution is 6.03. The van der Waals surface area contributed by atoms with E-state index in [1.54, 1.807) is 18.2 Å². The van der Waals surface area contributed by atoms with Crippen molar-refractivity contribution in [1.29, 1.82) is 0 Å². The van der Waals surface area contributed by atoms with Crippen LogP contribution in [0.15, 0.2) is 90.1 Å². The maximum Gasteiger partial charge on any atom is 0.239 e. The third kappa shape index (κ3) is 8.75. The summed E-state index contributed by atoms with van der Waals surface area (Å²) in [5, 5.41) is 24.6. The van der Waals surface area contributed by atoms with Gasteiger partial charge in [0.25, 0.3) is 0 Å². The molecule has 1 amide bonds. The van der Waals surface area contributed by atoms with Crippen molar-refractivity contribution < 1.29 is 38.4 Å². The Kier molecular flexibility index (Phi) is 13.4. The fourth-order valence-electron chi connectivity index (χ4n) is 9.46. The molecule has 3 aromatic carbocycles. The predicted molar refractivity (Wildman–Crippen MR) is 222 cm³/mol. The fourth-order valence-corrected chi connectivity index (χ4v) is 9.46. The molecule has 310 valence electrons. The topological polar surface area (TPSA) is 110 Å². The first kappa shape index (κ1) is 41.6. The molecule has 1 heterocycles. The number of allylic oxidation sites excluding steroid dienone is 1. The average Bonchev–Trinajstić information content (AvgIpc) is 4.08. The van der Waals surface area contributed by atoms with E-state index in [2.05, 4.69) is 38.6 Å². The summed E-state index contributed by atoms with van der Waals surface area (Å²) in [4.78, 5) is 22.4. The zero-order chi connectivity index (χ0) is 40.8. The minimum absolute atomic E-state index is 0.0133. The molecule has 6 unspecified atom stereocenters. The van der Waals surface area contributed by atoms with Gasteiger partial charge in [-0.15, -0.1) is 6.58 Å². The lowest BCUT2D eigenvalue weighted by molar-refractivity contribution is -0.258. The third-order valence-electron chi connectivity index (χ3n) is 12.5. The molecule has 0 spiro atoms. The number of benzene rings is 3. The molecule has 9 nitrogen and oxygen atoms in total. The smallest absolute Gasteiger partial charge is 0.239 e. The highest BCUT2D eigenvalue weighted by atomic mass is 19.1. The van der Waals surface area contributed by atoms with Gasteiger partial charge in [0.1, 0.15) is 35.7 Å². The van der Waals surface area contributed by atoms with Gasteiger partial charge in [0, 0.05) is 43.6 Å². The number of oxime groups is 1. The van der Waals surface area contributed by atoms with Crippen molar-refractivity contribution in [3.8, 4) is 17.2 Å². The van der Waals surface area contributed by atoms with Crippen LogP contribution in [0, 0.1) is 43.3 Å². The Bertz CT molecular complexity index is 1980. The summed E-state index contributed by atoms with van der Waals surface area (Å²) in [6.07, 6.45) is 10.7. The Labute approximate surface area is 342 Å². The molecule has 2 N–H and O–H groups in total. The number of aliphatic hydroxyl groups is 2. The molecule has 3 aromatic rings. The van der Waals surface area contributed by atoms with Gasteiger partial charge < -0.3 is 34.2 Å². The molecule has 2 fully saturated rings. The van der Waals surface area contributed by atoms with Gasteiger partial charge in [-0.25, -0.2) is 4.39 Å². The summed E-state index contributed by atoms with van der Waals surface area (Å²) in [5.74, 6) is -0.122. The van der Waals surface area contributed by atoms with Gasteiger partial charge in [-0.05, 0) is 136 Å². The minimum atomic E-state index is -1.37. The molecule has 6 atom stereocenters. The zero-order valence-corrected chi connectivity index (χ0v) is 34.2. The molecule has 3 aliphatic carbocycles. The number of ether oxygens (including phenoxy) is 3. The van der Waals surface area contributed by atoms with Gasteiger partial charge in [0.05, 0.1) is 18.2 Å². The number of rotatable bonds is 19. The molecule has 4 aliphatic rings. The zero-order valence-electron chi connectivity index (χ0n) is 34.2. The van der Waals surface area contributed by atoms with Crippen LogP contribution in [0.25, 0.3) is 0 Å². The SMILES string of the molecule is C=CCOC12Oc3ccc(Oc4ccc(C)c(C)c4)cc3C3C(CCCCO)C(CCCCO)C=C(C(=NOCC)CC1N(Cc1ccc(F)cc1)C(=O)C1CC1)C32. The second-order valence-electron chi connectivity index (χ2n) is 16.4. The maximum absolute atomic E-state index is 14.7. The lowest BCUT2D eigenvalue weighted by Crippen LogP contribution is -2.70. The van der Waals surface area contributed by atoms with Gasteiger partial charge in [0.15, 0.2) is 0 Å². The molecule has 58 heavy (non-hydrogen) atoms. The van der Waals surface area contributed by atoms with E-state index in [0.29, 0.717) is 37.4 Å². The van der Waals surface area contributed by atoms with E-state index in [1.165, 1.54) is 17.7 Å². The van der Waals surface area contributed by atoms with Gasteiger partial charge in [-0.2, -0.15) is 0 Å². The number of amides is 1. The molecule has 0 radical (unpaired) electrons. The van der Waals surface area contributed by atoms with Crippen molar-refractivity contribution in [3.63, 3.8) is 0 Å². The number of hydrogen-bond acceptors (Lipinski definition) is 8. The maximum atomic E-state index is 14.7. The molecule has 7 rings (SSSR count). The van der Waals surface area contributed by atoms with Crippen LogP contribution in [-0.2, 0) is 20.9 Å². The van der Waals surface area contributed by atoms with E-state index < -0.39 is 17.7 Å². The number of carbonyl (C=O) groups is 1. The van der Waals surface area contributed by atoms with Crippen LogP contribution >= 0.6 is 0 Å². The van der Waals surface area contributed by atoms with Crippen molar-refractivity contribution >= 4 is 11.6 Å². The average molecular weight is 795 g/mol. The van der Waals surface area contributed by atoms with E-state index in [4.69, 9.17) is 24.2 Å². The number of aliphatic hydroxyl groups excluding tert-OH is 2. The first-order chi connectivity index (χ1) is 28.2. The number of carbonyl (C=O) groups excluding carboxylic acids is 1. The summed E-state index contributed by atoms with van der Waals surface area (Å²) < 4.78 is 35.2. The number of halogens is 1. The summed E-state index contributed by atoms with van der Waals surface area (Å²) >= 11 is 0. The van der Waals surface area contributed by atoms with Crippen LogP contribution in [0.3, 0.4) is 0 Å². The highest BCUT2D eigenvalue weighted by Gasteiger charge is 2.66. The van der Waals surface area contributed by atoms with Crippen molar-refractivity contribution in [2.45, 2.75) is 103 Å². The molecule has 0 aromatic heterocycles. The fraction of sp³-hybridized carbons (Fsp3) is 0.500. The van der Waals surface area contributed by atoms with E-state index in [-0.39, 0.29) is 61.8 Å². The molecule has 0 bridgehead atoms. The Hall–Kier alpha value is -4.51. The van der Waals surface area contributed by atoms with Gasteiger partial charge >= 0.3 is 0 Å². The van der Waals surface area contributed by atoms with Crippen LogP contribution < -0.4 is 9.47 Å². The second-order valence-corrected chi connectivity index (χ2v) is 16.4. The largest absolute Gasteiger partial charge is 0.459 e. The van der Waals surface area contributed by atoms with Crippen LogP contribution in [0.5, 0.6) is 17.2 Å². The normalized spacial score (nSPS) is 25.2. The number of unbranched alkanes of at least 4 members (excludes halogenated alkanes) is 2. The Morgan fingerprint density at radius 1 is 0.983 bits per heavy atom. The lowest BCUT2D eigenvalue weighted by Gasteiger charge is -2.60. The summed E-state index contributed by atoms with van der Waals surface area (Å²) in [6, 6.07) is 17.8. The number of aryl methyl sites for hydroxylation is 2. The highest BCUT2D eigenvalue weighted by Crippen LogP contribution is 2.62. The van der Waals surface area contributed by atoms with Crippen LogP contribution in [0.4, 0.5) is 4.39 Å². The van der Waals surface area contributed by atoms with Crippen molar-refractivity contribution in [1.82, 2.24) is 4.90 Å². The summed E-state index contributed by atoms with van der Waals surface area (Å²) in [5.41, 5.74) is 5.85. The van der Waals surface area contributed by atoms with Crippen LogP contribution in [-0.4, -0.2) is 65.0 Å². The molecule has 10 heteroatoms. The van der Waals surface area contributed by atoms with Gasteiger partial charge in [-0.3, -0.25) is 4.79 Å². The van der Waals surface area contributed by atoms with Crippen molar-refractivity contribution in [2.75, 3.05) is 26.4 Å². The molecule has 1 aliphatic heterocycles. The Morgan fingerprint density at radius 2 is 1.71 bits per heavy atom. The first-order valence-electron chi connectivity index (χ1n) is 21.2. The number of hydrogen-bond donors (Lipinski definition) is 2. The van der Waals surface area contributed by atoms with E-state index in [9.17, 15) is 19.4 Å². The summed E-state index contributed by atoms with van der Waals surface area (Å²) in [6.45, 7) is 11.1. The first-order valence-corrected chi connectivity index (χ1v) is 21.2. The van der Waals surface area contributed by atoms with Gasteiger partial charge in [-0.1, -0.05) is 48.3 Å². The monoisotopic (exact) mass is 794 g/mol. The van der Waals surface area contributed by atoms with Crippen LogP contribution in [0.1, 0.15) is 92.9 Å². The molecule has 2 saturated carbocycles. The quantitative estimate of drug-likeness (QED) is 0.0708. The molecule has 0 saturated heterocycles. The standard InChI is InChI=1S/C48H59FN2O7/c1-5-25-55-48-44(51(47(54)34-16-17-34)30-33-14-18-36(49)19-15-33)29-42(50-56-6-2)40-27-35(11-7-9-23-52)39(12-8-10-24-53)45(46(40)48)41-28-38(21-22-43(41)58-48)57-37-20-13-31(3)32(4)26-37/h5,13-15,18-22,26-28,34-35,39,44-46,52-53H,1,6-12,16-17,23-25,29-30H2,2-4H3. The number of fused-ring (bicyclic) bond motifs is 2. The van der Waals surface area contributed by atoms with E-state index >= 15 is 0 Å².